The highest BCUT2D eigenvalue weighted by Gasteiger charge is 2.38. The summed E-state index contributed by atoms with van der Waals surface area (Å²) < 4.78 is 10.6. The SMILES string of the molecule is COC(=O)C1=C(C)NC(C)=C(C(=O)OCCN(C)Cc2ccccc2)C1c1cccc([N+](=O)[O-])c1.O=C(O)c1cccnc1. The van der Waals surface area contributed by atoms with Crippen LogP contribution in [0.5, 0.6) is 0 Å². The van der Waals surface area contributed by atoms with Crippen molar-refractivity contribution in [2.45, 2.75) is 26.3 Å². The molecule has 1 unspecified atom stereocenters. The zero-order valence-electron chi connectivity index (χ0n) is 24.9. The largest absolute Gasteiger partial charge is 0.478 e. The molecule has 0 bridgehead atoms. The summed E-state index contributed by atoms with van der Waals surface area (Å²) in [5.41, 5.74) is 3.07. The Kier molecular flexibility index (Phi) is 11.9. The summed E-state index contributed by atoms with van der Waals surface area (Å²) >= 11 is 0. The van der Waals surface area contributed by atoms with Gasteiger partial charge in [-0.2, -0.15) is 0 Å². The highest BCUT2D eigenvalue weighted by molar-refractivity contribution is 5.99. The number of esters is 2. The van der Waals surface area contributed by atoms with Gasteiger partial charge in [0.05, 0.1) is 34.7 Å². The quantitative estimate of drug-likeness (QED) is 0.191. The number of allylic oxidation sites excluding steroid dienone is 2. The molecule has 12 heteroatoms. The van der Waals surface area contributed by atoms with E-state index >= 15 is 0 Å². The van der Waals surface area contributed by atoms with Crippen molar-refractivity contribution in [2.75, 3.05) is 27.3 Å². The van der Waals surface area contributed by atoms with Gasteiger partial charge in [-0.05, 0) is 44.2 Å². The van der Waals surface area contributed by atoms with Crippen LogP contribution in [0.3, 0.4) is 0 Å². The first-order valence-electron chi connectivity index (χ1n) is 13.6. The number of pyridine rings is 1. The van der Waals surface area contributed by atoms with E-state index in [0.717, 1.165) is 5.56 Å². The van der Waals surface area contributed by atoms with Crippen LogP contribution in [0, 0.1) is 10.1 Å². The Labute approximate surface area is 254 Å². The van der Waals surface area contributed by atoms with Crippen LogP contribution < -0.4 is 5.32 Å². The number of likely N-dealkylation sites (N-methyl/N-ethyl adjacent to an activating group) is 1. The summed E-state index contributed by atoms with van der Waals surface area (Å²) in [6.07, 6.45) is 2.84. The molecule has 1 atom stereocenters. The van der Waals surface area contributed by atoms with Gasteiger partial charge in [-0.3, -0.25) is 20.0 Å². The van der Waals surface area contributed by atoms with Crippen LogP contribution in [0.2, 0.25) is 0 Å². The normalized spacial score (nSPS) is 14.2. The Balaban J connectivity index is 0.000000502. The Morgan fingerprint density at radius 3 is 2.25 bits per heavy atom. The average molecular weight is 603 g/mol. The highest BCUT2D eigenvalue weighted by Crippen LogP contribution is 2.40. The van der Waals surface area contributed by atoms with Gasteiger partial charge in [-0.15, -0.1) is 0 Å². The van der Waals surface area contributed by atoms with Gasteiger partial charge in [0, 0.05) is 49.0 Å². The number of ether oxygens (including phenoxy) is 2. The molecule has 12 nitrogen and oxygen atoms in total. The number of aromatic nitrogens is 1. The van der Waals surface area contributed by atoms with E-state index < -0.39 is 28.7 Å². The van der Waals surface area contributed by atoms with Crippen LogP contribution in [0.25, 0.3) is 0 Å². The summed E-state index contributed by atoms with van der Waals surface area (Å²) in [7, 11) is 3.18. The maximum Gasteiger partial charge on any atom is 0.337 e. The highest BCUT2D eigenvalue weighted by atomic mass is 16.6. The van der Waals surface area contributed by atoms with E-state index in [9.17, 15) is 24.5 Å². The minimum absolute atomic E-state index is 0.136. The van der Waals surface area contributed by atoms with E-state index in [1.165, 1.54) is 43.8 Å². The minimum atomic E-state index is -0.942. The average Bonchev–Trinajstić information content (AvgIpc) is 3.01. The number of carboxylic acid groups (broad SMARTS) is 1. The molecule has 2 aromatic carbocycles. The fourth-order valence-corrected chi connectivity index (χ4v) is 4.63. The third-order valence-corrected chi connectivity index (χ3v) is 6.71. The van der Waals surface area contributed by atoms with Crippen LogP contribution >= 0.6 is 0 Å². The number of carbonyl (C=O) groups excluding carboxylic acids is 2. The fourth-order valence-electron chi connectivity index (χ4n) is 4.63. The van der Waals surface area contributed by atoms with Crippen molar-refractivity contribution in [3.05, 3.63) is 128 Å². The molecular weight excluding hydrogens is 568 g/mol. The van der Waals surface area contributed by atoms with E-state index in [0.29, 0.717) is 30.0 Å². The summed E-state index contributed by atoms with van der Waals surface area (Å²) in [5, 5.41) is 22.8. The van der Waals surface area contributed by atoms with Crippen molar-refractivity contribution in [1.82, 2.24) is 15.2 Å². The maximum atomic E-state index is 13.3. The van der Waals surface area contributed by atoms with E-state index in [1.54, 1.807) is 26.0 Å². The number of hydrogen-bond donors (Lipinski definition) is 2. The monoisotopic (exact) mass is 602 g/mol. The van der Waals surface area contributed by atoms with Crippen LogP contribution in [-0.4, -0.2) is 65.1 Å². The smallest absolute Gasteiger partial charge is 0.337 e. The molecule has 3 aromatic rings. The van der Waals surface area contributed by atoms with Crippen LogP contribution in [0.4, 0.5) is 5.69 Å². The number of methoxy groups -OCH3 is 1. The second-order valence-electron chi connectivity index (χ2n) is 9.89. The Bertz CT molecular complexity index is 1550. The third-order valence-electron chi connectivity index (χ3n) is 6.71. The number of benzene rings is 2. The molecule has 1 aliphatic heterocycles. The molecule has 0 aliphatic carbocycles. The number of non-ortho nitro benzene ring substituents is 1. The van der Waals surface area contributed by atoms with Gasteiger partial charge >= 0.3 is 17.9 Å². The van der Waals surface area contributed by atoms with Gasteiger partial charge in [-0.1, -0.05) is 42.5 Å². The van der Waals surface area contributed by atoms with Crippen LogP contribution in [0.15, 0.2) is 102 Å². The number of nitro benzene ring substituents is 1. The lowest BCUT2D eigenvalue weighted by atomic mass is 9.80. The first-order chi connectivity index (χ1) is 21.0. The summed E-state index contributed by atoms with van der Waals surface area (Å²) in [6, 6.07) is 18.9. The van der Waals surface area contributed by atoms with Gasteiger partial charge in [-0.25, -0.2) is 14.4 Å². The third kappa shape index (κ3) is 8.82. The van der Waals surface area contributed by atoms with Crippen LogP contribution in [-0.2, 0) is 25.6 Å². The fraction of sp³-hybridized carbons (Fsp3) is 0.250. The number of carboxylic acids is 1. The molecule has 2 heterocycles. The first kappa shape index (κ1) is 33.1. The topological polar surface area (TPSA) is 161 Å². The number of aromatic carboxylic acids is 1. The Hall–Kier alpha value is -5.36. The Morgan fingerprint density at radius 1 is 1.00 bits per heavy atom. The van der Waals surface area contributed by atoms with E-state index in [1.807, 2.05) is 42.3 Å². The number of carbonyl (C=O) groups is 3. The molecule has 0 saturated carbocycles. The molecule has 0 fully saturated rings. The predicted molar refractivity (Wildman–Crippen MR) is 161 cm³/mol. The van der Waals surface area contributed by atoms with Crippen LogP contribution in [0.1, 0.15) is 41.3 Å². The molecular formula is C32H34N4O8. The molecule has 230 valence electrons. The van der Waals surface area contributed by atoms with E-state index in [4.69, 9.17) is 14.6 Å². The van der Waals surface area contributed by atoms with Gasteiger partial charge in [0.25, 0.3) is 5.69 Å². The van der Waals surface area contributed by atoms with Crippen molar-refractivity contribution in [3.8, 4) is 0 Å². The second-order valence-corrected chi connectivity index (χ2v) is 9.89. The number of rotatable bonds is 10. The lowest BCUT2D eigenvalue weighted by Gasteiger charge is -2.30. The molecule has 0 spiro atoms. The molecule has 2 N–H and O–H groups in total. The van der Waals surface area contributed by atoms with Crippen molar-refractivity contribution in [1.29, 1.82) is 0 Å². The van der Waals surface area contributed by atoms with Gasteiger partial charge in [0.15, 0.2) is 0 Å². The maximum absolute atomic E-state index is 13.3. The van der Waals surface area contributed by atoms with Crippen molar-refractivity contribution < 1.29 is 33.9 Å². The van der Waals surface area contributed by atoms with E-state index in [2.05, 4.69) is 10.3 Å². The molecule has 0 amide bonds. The lowest BCUT2D eigenvalue weighted by Crippen LogP contribution is -2.33. The van der Waals surface area contributed by atoms with Gasteiger partial charge in [0.2, 0.25) is 0 Å². The van der Waals surface area contributed by atoms with Crippen molar-refractivity contribution in [3.63, 3.8) is 0 Å². The Morgan fingerprint density at radius 2 is 1.68 bits per heavy atom. The minimum Gasteiger partial charge on any atom is -0.478 e. The zero-order valence-corrected chi connectivity index (χ0v) is 24.9. The van der Waals surface area contributed by atoms with Gasteiger partial charge < -0.3 is 19.9 Å². The number of dihydropyridines is 1. The molecule has 4 rings (SSSR count). The number of nitro groups is 1. The summed E-state index contributed by atoms with van der Waals surface area (Å²) in [4.78, 5) is 52.6. The second kappa shape index (κ2) is 15.8. The zero-order chi connectivity index (χ0) is 32.2. The number of nitrogens with zero attached hydrogens (tertiary/aromatic N) is 3. The molecule has 0 saturated heterocycles. The summed E-state index contributed by atoms with van der Waals surface area (Å²) in [5.74, 6) is -3.05. The molecule has 1 aromatic heterocycles. The first-order valence-corrected chi connectivity index (χ1v) is 13.6. The van der Waals surface area contributed by atoms with E-state index in [-0.39, 0.29) is 29.0 Å². The predicted octanol–water partition coefficient (Wildman–Crippen LogP) is 4.46. The van der Waals surface area contributed by atoms with Gasteiger partial charge in [0.1, 0.15) is 6.61 Å². The number of hydrogen-bond acceptors (Lipinski definition) is 10. The molecule has 44 heavy (non-hydrogen) atoms. The van der Waals surface area contributed by atoms with Crippen molar-refractivity contribution >= 4 is 23.6 Å². The van der Waals surface area contributed by atoms with Crippen molar-refractivity contribution in [2.24, 2.45) is 0 Å². The molecule has 0 radical (unpaired) electrons. The lowest BCUT2D eigenvalue weighted by molar-refractivity contribution is -0.384. The summed E-state index contributed by atoms with van der Waals surface area (Å²) in [6.45, 7) is 4.74. The number of nitrogens with one attached hydrogen (secondary N) is 1. The standard InChI is InChI=1S/C26H29N3O6.C6H5NO2/c1-17-22(25(30)34-4)24(20-11-8-12-21(15-20)29(32)33)23(18(2)27-17)26(31)35-14-13-28(3)16-19-9-6-5-7-10-19;8-6(9)5-2-1-3-7-4-5/h5-12,15,24,27H,13-14,16H2,1-4H3;1-4H,(H,8,9). The molecule has 1 aliphatic rings.